The van der Waals surface area contributed by atoms with Crippen molar-refractivity contribution < 1.29 is 19.1 Å². The van der Waals surface area contributed by atoms with Crippen LogP contribution in [0.15, 0.2) is 18.2 Å². The van der Waals surface area contributed by atoms with Gasteiger partial charge in [-0.3, -0.25) is 19.3 Å². The van der Waals surface area contributed by atoms with Crippen LogP contribution in [0.3, 0.4) is 0 Å². The third-order valence-electron chi connectivity index (χ3n) is 3.33. The normalized spacial score (nSPS) is 17.5. The Balaban J connectivity index is 2.53. The van der Waals surface area contributed by atoms with E-state index in [9.17, 15) is 14.4 Å². The average Bonchev–Trinajstić information content (AvgIpc) is 2.42. The van der Waals surface area contributed by atoms with Crippen LogP contribution < -0.4 is 15.4 Å². The van der Waals surface area contributed by atoms with Crippen LogP contribution in [-0.4, -0.2) is 35.1 Å². The van der Waals surface area contributed by atoms with Gasteiger partial charge in [0.2, 0.25) is 5.91 Å². The van der Waals surface area contributed by atoms with Gasteiger partial charge in [-0.05, 0) is 39.0 Å². The molecule has 0 saturated carbocycles. The Kier molecular flexibility index (Phi) is 4.15. The molecule has 1 atom stereocenters. The number of hydrogen-bond acceptors (Lipinski definition) is 4. The molecule has 22 heavy (non-hydrogen) atoms. The zero-order valence-corrected chi connectivity index (χ0v) is 13.3. The van der Waals surface area contributed by atoms with Crippen molar-refractivity contribution in [2.45, 2.75) is 31.7 Å². The van der Waals surface area contributed by atoms with Crippen molar-refractivity contribution in [1.82, 2.24) is 0 Å². The Morgan fingerprint density at radius 1 is 1.41 bits per heavy atom. The van der Waals surface area contributed by atoms with E-state index in [-0.39, 0.29) is 12.3 Å². The third-order valence-corrected chi connectivity index (χ3v) is 3.53. The molecule has 1 unspecified atom stereocenters. The smallest absolute Gasteiger partial charge is 0.271 e. The fraction of sp³-hybridized carbons (Fsp3) is 0.400. The highest BCUT2D eigenvalue weighted by Gasteiger charge is 2.41. The number of nitrogens with zero attached hydrogens (tertiary/aromatic N) is 1. The minimum atomic E-state index is -1.12. The zero-order chi connectivity index (χ0) is 16.7. The van der Waals surface area contributed by atoms with E-state index in [4.69, 9.17) is 22.1 Å². The molecule has 0 radical (unpaired) electrons. The topological polar surface area (TPSA) is 89.7 Å². The number of Topliss-reactive ketones (excluding diaryl/α,β-unsaturated/α-hetero) is 1. The molecule has 0 bridgehead atoms. The Hall–Kier alpha value is -2.08. The summed E-state index contributed by atoms with van der Waals surface area (Å²) in [5, 5.41) is -0.695. The number of rotatable bonds is 4. The molecule has 2 N–H and O–H groups in total. The molecule has 1 heterocycles. The van der Waals surface area contributed by atoms with Crippen molar-refractivity contribution in [1.29, 1.82) is 0 Å². The molecule has 2 rings (SSSR count). The van der Waals surface area contributed by atoms with Gasteiger partial charge in [0.25, 0.3) is 5.91 Å². The predicted molar refractivity (Wildman–Crippen MR) is 82.3 cm³/mol. The lowest BCUT2D eigenvalue weighted by Crippen LogP contribution is -2.54. The second kappa shape index (κ2) is 5.61. The predicted octanol–water partition coefficient (Wildman–Crippen LogP) is 1.49. The second-order valence-corrected chi connectivity index (χ2v) is 6.29. The van der Waals surface area contributed by atoms with Crippen LogP contribution in [0.2, 0.25) is 0 Å². The maximum Gasteiger partial charge on any atom is 0.271 e. The van der Waals surface area contributed by atoms with Gasteiger partial charge in [-0.25, -0.2) is 0 Å². The first kappa shape index (κ1) is 16.3. The summed E-state index contributed by atoms with van der Waals surface area (Å²) in [4.78, 5) is 36.9. The first-order valence-electron chi connectivity index (χ1n) is 6.75. The summed E-state index contributed by atoms with van der Waals surface area (Å²) < 4.78 is 5.65. The standard InChI is InChI=1S/C15H17ClN2O4/c1-8(16)13(20)9-4-5-11-10(6-9)18(7-12(17)19)14(21)15(2,3)22-11/h4-6,8H,7H2,1-3H3,(H2,17,19). The monoisotopic (exact) mass is 324 g/mol. The average molecular weight is 325 g/mol. The second-order valence-electron chi connectivity index (χ2n) is 5.63. The van der Waals surface area contributed by atoms with E-state index in [1.54, 1.807) is 32.9 Å². The molecule has 1 aliphatic heterocycles. The molecule has 0 saturated heterocycles. The number of primary amides is 1. The van der Waals surface area contributed by atoms with Gasteiger partial charge in [0, 0.05) is 5.56 Å². The molecule has 0 fully saturated rings. The number of anilines is 1. The number of benzene rings is 1. The minimum Gasteiger partial charge on any atom is -0.476 e. The van der Waals surface area contributed by atoms with Crippen LogP contribution in [0, 0.1) is 0 Å². The summed E-state index contributed by atoms with van der Waals surface area (Å²) in [6.07, 6.45) is 0. The molecule has 0 aromatic heterocycles. The summed E-state index contributed by atoms with van der Waals surface area (Å²) in [7, 11) is 0. The number of fused-ring (bicyclic) bond motifs is 1. The first-order valence-corrected chi connectivity index (χ1v) is 7.19. The Bertz CT molecular complexity index is 655. The van der Waals surface area contributed by atoms with Gasteiger partial charge in [0.05, 0.1) is 11.1 Å². The van der Waals surface area contributed by atoms with E-state index in [2.05, 4.69) is 0 Å². The lowest BCUT2D eigenvalue weighted by Gasteiger charge is -2.38. The van der Waals surface area contributed by atoms with E-state index in [1.165, 1.54) is 11.0 Å². The van der Waals surface area contributed by atoms with Crippen molar-refractivity contribution in [2.24, 2.45) is 5.73 Å². The molecule has 7 heteroatoms. The number of ketones is 1. The number of ether oxygens (including phenoxy) is 1. The van der Waals surface area contributed by atoms with Crippen molar-refractivity contribution >= 4 is 34.9 Å². The summed E-state index contributed by atoms with van der Waals surface area (Å²) in [6.45, 7) is 4.49. The van der Waals surface area contributed by atoms with E-state index in [1.807, 2.05) is 0 Å². The largest absolute Gasteiger partial charge is 0.476 e. The number of halogens is 1. The van der Waals surface area contributed by atoms with Crippen LogP contribution in [0.1, 0.15) is 31.1 Å². The lowest BCUT2D eigenvalue weighted by molar-refractivity contribution is -0.133. The maximum absolute atomic E-state index is 12.4. The number of carbonyl (C=O) groups is 3. The van der Waals surface area contributed by atoms with Gasteiger partial charge in [-0.2, -0.15) is 0 Å². The van der Waals surface area contributed by atoms with Crippen molar-refractivity contribution in [3.63, 3.8) is 0 Å². The molecule has 0 spiro atoms. The first-order chi connectivity index (χ1) is 10.1. The van der Waals surface area contributed by atoms with Gasteiger partial charge in [0.1, 0.15) is 12.3 Å². The molecular weight excluding hydrogens is 308 g/mol. The number of nitrogens with two attached hydrogens (primary N) is 1. The molecule has 6 nitrogen and oxygen atoms in total. The van der Waals surface area contributed by atoms with E-state index in [0.29, 0.717) is 17.0 Å². The molecule has 118 valence electrons. The van der Waals surface area contributed by atoms with E-state index < -0.39 is 22.8 Å². The van der Waals surface area contributed by atoms with Crippen molar-refractivity contribution in [3.8, 4) is 5.75 Å². The van der Waals surface area contributed by atoms with Gasteiger partial charge in [0.15, 0.2) is 11.4 Å². The van der Waals surface area contributed by atoms with Crippen molar-refractivity contribution in [2.75, 3.05) is 11.4 Å². The Morgan fingerprint density at radius 3 is 2.59 bits per heavy atom. The molecule has 1 aromatic carbocycles. The number of carbonyl (C=O) groups excluding carboxylic acids is 3. The fourth-order valence-electron chi connectivity index (χ4n) is 2.26. The van der Waals surface area contributed by atoms with Gasteiger partial charge < -0.3 is 10.5 Å². The summed E-state index contributed by atoms with van der Waals surface area (Å²) in [6, 6.07) is 4.66. The van der Waals surface area contributed by atoms with E-state index >= 15 is 0 Å². The highest BCUT2D eigenvalue weighted by Crippen LogP contribution is 2.38. The SMILES string of the molecule is CC(Cl)C(=O)c1ccc2c(c1)N(CC(N)=O)C(=O)C(C)(C)O2. The van der Waals surface area contributed by atoms with Crippen LogP contribution >= 0.6 is 11.6 Å². The quantitative estimate of drug-likeness (QED) is 0.671. The van der Waals surface area contributed by atoms with Crippen LogP contribution in [-0.2, 0) is 9.59 Å². The van der Waals surface area contributed by atoms with Crippen molar-refractivity contribution in [3.05, 3.63) is 23.8 Å². The molecule has 1 aliphatic rings. The number of hydrogen-bond donors (Lipinski definition) is 1. The van der Waals surface area contributed by atoms with Crippen LogP contribution in [0.25, 0.3) is 0 Å². The lowest BCUT2D eigenvalue weighted by atomic mass is 10.0. The molecule has 0 aliphatic carbocycles. The highest BCUT2D eigenvalue weighted by molar-refractivity contribution is 6.33. The van der Waals surface area contributed by atoms with Crippen LogP contribution in [0.4, 0.5) is 5.69 Å². The van der Waals surface area contributed by atoms with Crippen LogP contribution in [0.5, 0.6) is 5.75 Å². The fourth-order valence-corrected chi connectivity index (χ4v) is 2.39. The zero-order valence-electron chi connectivity index (χ0n) is 12.6. The van der Waals surface area contributed by atoms with Gasteiger partial charge in [-0.1, -0.05) is 0 Å². The van der Waals surface area contributed by atoms with Gasteiger partial charge in [-0.15, -0.1) is 11.6 Å². The van der Waals surface area contributed by atoms with E-state index in [0.717, 1.165) is 0 Å². The minimum absolute atomic E-state index is 0.277. The number of alkyl halides is 1. The molecule has 1 aromatic rings. The molecular formula is C15H17ClN2O4. The third kappa shape index (κ3) is 2.92. The Morgan fingerprint density at radius 2 is 2.05 bits per heavy atom. The Labute approximate surface area is 133 Å². The summed E-state index contributed by atoms with van der Waals surface area (Å²) in [5.74, 6) is -0.924. The highest BCUT2D eigenvalue weighted by atomic mass is 35.5. The van der Waals surface area contributed by atoms with Gasteiger partial charge >= 0.3 is 0 Å². The number of amides is 2. The summed E-state index contributed by atoms with van der Waals surface area (Å²) >= 11 is 5.81. The molecule has 2 amide bonds. The maximum atomic E-state index is 12.4. The summed E-state index contributed by atoms with van der Waals surface area (Å²) in [5.41, 5.74) is 4.78.